The second-order valence-corrected chi connectivity index (χ2v) is 12.1. The molecular weight excluding hydrogens is 430 g/mol. The molecule has 3 saturated carbocycles. The fourth-order valence-corrected chi connectivity index (χ4v) is 8.65. The van der Waals surface area contributed by atoms with Crippen molar-refractivity contribution in [1.29, 1.82) is 0 Å². The zero-order valence-electron chi connectivity index (χ0n) is 21.2. The predicted molar refractivity (Wildman–Crippen MR) is 136 cm³/mol. The van der Waals surface area contributed by atoms with Crippen molar-refractivity contribution in [3.63, 3.8) is 0 Å². The number of nitrogens with zero attached hydrogens (tertiary/aromatic N) is 1. The molecule has 0 saturated heterocycles. The minimum Gasteiger partial charge on any atom is -0.460 e. The molecular formula is C28H43NO3S. The summed E-state index contributed by atoms with van der Waals surface area (Å²) in [5.41, 5.74) is 1.88. The van der Waals surface area contributed by atoms with Crippen LogP contribution in [-0.4, -0.2) is 47.8 Å². The van der Waals surface area contributed by atoms with Crippen LogP contribution in [0.2, 0.25) is 0 Å². The van der Waals surface area contributed by atoms with E-state index in [0.29, 0.717) is 36.6 Å². The van der Waals surface area contributed by atoms with Gasteiger partial charge in [0.05, 0.1) is 6.42 Å². The summed E-state index contributed by atoms with van der Waals surface area (Å²) in [6, 6.07) is 0. The highest BCUT2D eigenvalue weighted by Crippen LogP contribution is 2.66. The zero-order chi connectivity index (χ0) is 23.8. The largest absolute Gasteiger partial charge is 0.460 e. The van der Waals surface area contributed by atoms with E-state index in [0.717, 1.165) is 56.1 Å². The maximum Gasteiger partial charge on any atom is 0.307 e. The second kappa shape index (κ2) is 9.89. The van der Waals surface area contributed by atoms with Gasteiger partial charge in [-0.1, -0.05) is 45.5 Å². The van der Waals surface area contributed by atoms with E-state index in [9.17, 15) is 9.59 Å². The van der Waals surface area contributed by atoms with Gasteiger partial charge in [-0.3, -0.25) is 9.59 Å². The first-order valence-electron chi connectivity index (χ1n) is 13.4. The van der Waals surface area contributed by atoms with Gasteiger partial charge in [-0.2, -0.15) is 0 Å². The van der Waals surface area contributed by atoms with Crippen molar-refractivity contribution in [2.75, 3.05) is 26.2 Å². The summed E-state index contributed by atoms with van der Waals surface area (Å²) in [5.74, 6) is 2.73. The number of thiocarbonyl (C=S) groups is 1. The number of hydrogen-bond donors (Lipinski definition) is 0. The molecule has 0 unspecified atom stereocenters. The molecule has 3 fully saturated rings. The third kappa shape index (κ3) is 4.61. The fourth-order valence-electron chi connectivity index (χ4n) is 8.20. The van der Waals surface area contributed by atoms with Gasteiger partial charge in [-0.25, -0.2) is 0 Å². The van der Waals surface area contributed by atoms with Crippen molar-refractivity contribution < 1.29 is 14.3 Å². The molecule has 4 aliphatic rings. The lowest BCUT2D eigenvalue weighted by Gasteiger charge is -2.58. The number of carbonyl (C=O) groups is 2. The van der Waals surface area contributed by atoms with E-state index in [1.165, 1.54) is 31.3 Å². The van der Waals surface area contributed by atoms with Crippen LogP contribution in [0.5, 0.6) is 0 Å². The first-order valence-corrected chi connectivity index (χ1v) is 13.8. The summed E-state index contributed by atoms with van der Waals surface area (Å²) in [5, 5.41) is 0. The van der Waals surface area contributed by atoms with Crippen LogP contribution in [0.4, 0.5) is 0 Å². The number of esters is 1. The summed E-state index contributed by atoms with van der Waals surface area (Å²) in [4.78, 5) is 27.6. The Morgan fingerprint density at radius 3 is 2.58 bits per heavy atom. The zero-order valence-corrected chi connectivity index (χ0v) is 22.0. The third-order valence-corrected chi connectivity index (χ3v) is 10.7. The highest BCUT2D eigenvalue weighted by atomic mass is 32.1. The van der Waals surface area contributed by atoms with Crippen LogP contribution in [0.3, 0.4) is 0 Å². The monoisotopic (exact) mass is 473 g/mol. The molecule has 0 heterocycles. The number of fused-ring (bicyclic) bond motifs is 5. The first-order chi connectivity index (χ1) is 15.7. The molecule has 0 amide bonds. The van der Waals surface area contributed by atoms with Gasteiger partial charge in [0.2, 0.25) is 0 Å². The smallest absolute Gasteiger partial charge is 0.307 e. The molecule has 184 valence electrons. The van der Waals surface area contributed by atoms with Crippen molar-refractivity contribution in [3.05, 3.63) is 11.6 Å². The third-order valence-electron chi connectivity index (χ3n) is 10.3. The van der Waals surface area contributed by atoms with Crippen LogP contribution in [0, 0.1) is 34.5 Å². The minimum absolute atomic E-state index is 0.126. The minimum atomic E-state index is -0.126. The standard InChI is InChI=1S/C28H43NO3S/c1-5-29(6-2)16-13-26(31)32-18-25(33)24-10-9-22-21-8-7-19-17-20(30)11-14-27(19,3)23(21)12-15-28(22,24)4/h17,21-24H,5-16,18H2,1-4H3/t21-,22-,23-,24+,27-,28-/m0/s1. The highest BCUT2D eigenvalue weighted by molar-refractivity contribution is 7.80. The number of ether oxygens (including phenoxy) is 1. The molecule has 0 bridgehead atoms. The average molecular weight is 474 g/mol. The molecule has 4 rings (SSSR count). The van der Waals surface area contributed by atoms with Gasteiger partial charge in [0.25, 0.3) is 0 Å². The molecule has 0 spiro atoms. The van der Waals surface area contributed by atoms with Crippen molar-refractivity contribution in [3.8, 4) is 0 Å². The van der Waals surface area contributed by atoms with Gasteiger partial charge < -0.3 is 9.64 Å². The van der Waals surface area contributed by atoms with Crippen LogP contribution < -0.4 is 0 Å². The molecule has 0 aliphatic heterocycles. The Labute approximate surface area is 205 Å². The number of rotatable bonds is 8. The van der Waals surface area contributed by atoms with Crippen LogP contribution in [0.1, 0.15) is 85.5 Å². The van der Waals surface area contributed by atoms with E-state index >= 15 is 0 Å². The molecule has 4 aliphatic carbocycles. The Morgan fingerprint density at radius 2 is 1.85 bits per heavy atom. The van der Waals surface area contributed by atoms with E-state index < -0.39 is 0 Å². The van der Waals surface area contributed by atoms with E-state index in [1.807, 2.05) is 6.08 Å². The van der Waals surface area contributed by atoms with Crippen molar-refractivity contribution in [2.24, 2.45) is 34.5 Å². The summed E-state index contributed by atoms with van der Waals surface area (Å²) in [6.07, 6.45) is 11.3. The van der Waals surface area contributed by atoms with Crippen molar-refractivity contribution in [1.82, 2.24) is 4.90 Å². The van der Waals surface area contributed by atoms with Crippen LogP contribution in [0.15, 0.2) is 11.6 Å². The van der Waals surface area contributed by atoms with Gasteiger partial charge in [0.1, 0.15) is 6.61 Å². The Bertz CT molecular complexity index is 818. The van der Waals surface area contributed by atoms with Gasteiger partial charge in [0, 0.05) is 17.8 Å². The predicted octanol–water partition coefficient (Wildman–Crippen LogP) is 5.78. The Morgan fingerprint density at radius 1 is 1.09 bits per heavy atom. The molecule has 0 aromatic heterocycles. The quantitative estimate of drug-likeness (QED) is 0.330. The molecule has 6 atom stereocenters. The molecule has 5 heteroatoms. The summed E-state index contributed by atoms with van der Waals surface area (Å²) in [6.45, 7) is 12.1. The molecule has 0 N–H and O–H groups in total. The summed E-state index contributed by atoms with van der Waals surface area (Å²) in [7, 11) is 0. The summed E-state index contributed by atoms with van der Waals surface area (Å²) < 4.78 is 5.64. The molecule has 0 aromatic rings. The fraction of sp³-hybridized carbons (Fsp3) is 0.821. The van der Waals surface area contributed by atoms with Crippen molar-refractivity contribution >= 4 is 28.8 Å². The SMILES string of the molecule is CCN(CC)CCC(=O)OCC(=S)[C@H]1CC[C@H]2[C@@H]3CCC4=CC(=O)CC[C@]4(C)[C@H]3CC[C@]12C. The van der Waals surface area contributed by atoms with Gasteiger partial charge in [-0.15, -0.1) is 0 Å². The van der Waals surface area contributed by atoms with Crippen molar-refractivity contribution in [2.45, 2.75) is 85.5 Å². The van der Waals surface area contributed by atoms with E-state index in [-0.39, 0.29) is 16.8 Å². The normalized spacial score (nSPS) is 37.7. The van der Waals surface area contributed by atoms with Crippen LogP contribution in [-0.2, 0) is 14.3 Å². The Kier molecular flexibility index (Phi) is 7.50. The van der Waals surface area contributed by atoms with E-state index in [2.05, 4.69) is 32.6 Å². The lowest BCUT2D eigenvalue weighted by molar-refractivity contribution is -0.142. The van der Waals surface area contributed by atoms with Gasteiger partial charge in [-0.05, 0) is 98.6 Å². The van der Waals surface area contributed by atoms with Crippen LogP contribution >= 0.6 is 12.2 Å². The number of ketones is 1. The lowest BCUT2D eigenvalue weighted by Crippen LogP contribution is -2.51. The lowest BCUT2D eigenvalue weighted by atomic mass is 9.47. The average Bonchev–Trinajstić information content (AvgIpc) is 3.16. The first kappa shape index (κ1) is 25.0. The van der Waals surface area contributed by atoms with E-state index in [1.54, 1.807) is 0 Å². The number of allylic oxidation sites excluding steroid dienone is 1. The van der Waals surface area contributed by atoms with Gasteiger partial charge in [0.15, 0.2) is 5.78 Å². The van der Waals surface area contributed by atoms with Crippen LogP contribution in [0.25, 0.3) is 0 Å². The molecule has 0 radical (unpaired) electrons. The maximum absolute atomic E-state index is 12.3. The molecule has 0 aromatic carbocycles. The molecule has 4 nitrogen and oxygen atoms in total. The van der Waals surface area contributed by atoms with E-state index in [4.69, 9.17) is 17.0 Å². The maximum atomic E-state index is 12.3. The Balaban J connectivity index is 1.38. The molecule has 33 heavy (non-hydrogen) atoms. The Hall–Kier alpha value is -1.07. The number of carbonyl (C=O) groups excluding carboxylic acids is 2. The second-order valence-electron chi connectivity index (χ2n) is 11.5. The topological polar surface area (TPSA) is 46.6 Å². The number of hydrogen-bond acceptors (Lipinski definition) is 5. The highest BCUT2D eigenvalue weighted by Gasteiger charge is 2.59. The van der Waals surface area contributed by atoms with Gasteiger partial charge >= 0.3 is 5.97 Å². The summed E-state index contributed by atoms with van der Waals surface area (Å²) >= 11 is 5.89.